The summed E-state index contributed by atoms with van der Waals surface area (Å²) in [6.45, 7) is 10.9. The predicted molar refractivity (Wildman–Crippen MR) is 132 cm³/mol. The third kappa shape index (κ3) is 3.75. The summed E-state index contributed by atoms with van der Waals surface area (Å²) in [4.78, 5) is 7.71. The number of hydrogen-bond acceptors (Lipinski definition) is 2. The second kappa shape index (κ2) is 8.16. The van der Waals surface area contributed by atoms with Crippen LogP contribution < -0.4 is 4.90 Å². The van der Waals surface area contributed by atoms with Crippen molar-refractivity contribution in [3.63, 3.8) is 0 Å². The Bertz CT molecular complexity index is 1120. The van der Waals surface area contributed by atoms with Crippen LogP contribution in [0.4, 0.5) is 5.69 Å². The van der Waals surface area contributed by atoms with Crippen LogP contribution in [0.25, 0.3) is 16.7 Å². The molecule has 0 unspecified atom stereocenters. The van der Waals surface area contributed by atoms with Crippen LogP contribution in [0, 0.1) is 33.6 Å². The first kappa shape index (κ1) is 20.9. The van der Waals surface area contributed by atoms with E-state index in [9.17, 15) is 0 Å². The van der Waals surface area contributed by atoms with Gasteiger partial charge in [-0.2, -0.15) is 0 Å². The van der Waals surface area contributed by atoms with E-state index in [1.807, 2.05) is 0 Å². The van der Waals surface area contributed by atoms with E-state index in [-0.39, 0.29) is 0 Å². The van der Waals surface area contributed by atoms with Crippen molar-refractivity contribution in [2.45, 2.75) is 66.2 Å². The molecule has 1 saturated carbocycles. The van der Waals surface area contributed by atoms with Gasteiger partial charge < -0.3 is 4.90 Å². The molecule has 2 aromatic heterocycles. The highest BCUT2D eigenvalue weighted by molar-refractivity contribution is 6.18. The maximum absolute atomic E-state index is 6.28. The SMILES string of the molecule is Cc1cc(C)c(-n2c3c(c4c(N(CCCl)CC5CC5)cc(C)nc42)CCCC3)c(C)c1. The fourth-order valence-corrected chi connectivity index (χ4v) is 5.87. The number of alkyl halides is 1. The Morgan fingerprint density at radius 1 is 1.03 bits per heavy atom. The van der Waals surface area contributed by atoms with Gasteiger partial charge in [-0.1, -0.05) is 17.7 Å². The Labute approximate surface area is 191 Å². The fourth-order valence-electron chi connectivity index (χ4n) is 5.66. The Morgan fingerprint density at radius 2 is 1.74 bits per heavy atom. The molecule has 2 aliphatic rings. The number of rotatable bonds is 6. The molecule has 0 bridgehead atoms. The van der Waals surface area contributed by atoms with Gasteiger partial charge in [0.05, 0.1) is 5.69 Å². The molecule has 0 saturated heterocycles. The van der Waals surface area contributed by atoms with Crippen LogP contribution in [0.3, 0.4) is 0 Å². The average Bonchev–Trinajstić information content (AvgIpc) is 3.48. The summed E-state index contributed by atoms with van der Waals surface area (Å²) < 4.78 is 2.51. The Morgan fingerprint density at radius 3 is 2.42 bits per heavy atom. The first-order valence-corrected chi connectivity index (χ1v) is 12.4. The van der Waals surface area contributed by atoms with Gasteiger partial charge in [0.25, 0.3) is 0 Å². The van der Waals surface area contributed by atoms with Crippen molar-refractivity contribution in [2.24, 2.45) is 5.92 Å². The predicted octanol–water partition coefficient (Wildman–Crippen LogP) is 6.59. The molecule has 3 nitrogen and oxygen atoms in total. The molecule has 2 heterocycles. The molecule has 1 aromatic carbocycles. The summed E-state index contributed by atoms with van der Waals surface area (Å²) in [5.41, 5.74) is 11.9. The van der Waals surface area contributed by atoms with Crippen molar-refractivity contribution in [1.82, 2.24) is 9.55 Å². The van der Waals surface area contributed by atoms with Gasteiger partial charge in [0, 0.05) is 41.4 Å². The van der Waals surface area contributed by atoms with Gasteiger partial charge in [-0.05, 0) is 94.9 Å². The van der Waals surface area contributed by atoms with Crippen molar-refractivity contribution in [2.75, 3.05) is 23.9 Å². The molecule has 0 N–H and O–H groups in total. The Balaban J connectivity index is 1.81. The lowest BCUT2D eigenvalue weighted by Gasteiger charge is -2.26. The normalized spacial score (nSPS) is 16.0. The van der Waals surface area contributed by atoms with Crippen molar-refractivity contribution >= 4 is 28.3 Å². The number of nitrogens with zero attached hydrogens (tertiary/aromatic N) is 3. The largest absolute Gasteiger partial charge is 0.369 e. The quantitative estimate of drug-likeness (QED) is 0.407. The topological polar surface area (TPSA) is 21.1 Å². The molecule has 164 valence electrons. The molecule has 4 heteroatoms. The van der Waals surface area contributed by atoms with Gasteiger partial charge in [0.2, 0.25) is 0 Å². The third-order valence-electron chi connectivity index (χ3n) is 7.06. The zero-order valence-electron chi connectivity index (χ0n) is 19.4. The lowest BCUT2D eigenvalue weighted by Crippen LogP contribution is -2.28. The maximum Gasteiger partial charge on any atom is 0.147 e. The zero-order valence-corrected chi connectivity index (χ0v) is 20.1. The smallest absolute Gasteiger partial charge is 0.147 e. The molecule has 0 atom stereocenters. The first-order valence-electron chi connectivity index (χ1n) is 11.9. The Kier molecular flexibility index (Phi) is 5.50. The van der Waals surface area contributed by atoms with E-state index in [1.54, 1.807) is 0 Å². The third-order valence-corrected chi connectivity index (χ3v) is 7.23. The molecule has 5 rings (SSSR count). The zero-order chi connectivity index (χ0) is 21.7. The van der Waals surface area contributed by atoms with Crippen LogP contribution in [0.1, 0.15) is 59.3 Å². The molecular formula is C27H34ClN3. The minimum absolute atomic E-state index is 0.661. The first-order chi connectivity index (χ1) is 15.0. The number of hydrogen-bond donors (Lipinski definition) is 0. The van der Waals surface area contributed by atoms with Crippen molar-refractivity contribution in [3.8, 4) is 5.69 Å². The highest BCUT2D eigenvalue weighted by atomic mass is 35.5. The van der Waals surface area contributed by atoms with Crippen LogP contribution >= 0.6 is 11.6 Å². The maximum atomic E-state index is 6.28. The van der Waals surface area contributed by atoms with E-state index in [0.29, 0.717) is 5.88 Å². The highest BCUT2D eigenvalue weighted by Crippen LogP contribution is 2.42. The summed E-state index contributed by atoms with van der Waals surface area (Å²) in [7, 11) is 0. The molecule has 0 spiro atoms. The lowest BCUT2D eigenvalue weighted by atomic mass is 9.94. The molecule has 2 aliphatic carbocycles. The van der Waals surface area contributed by atoms with E-state index < -0.39 is 0 Å². The van der Waals surface area contributed by atoms with Crippen molar-refractivity contribution in [3.05, 3.63) is 51.8 Å². The monoisotopic (exact) mass is 435 g/mol. The second-order valence-corrected chi connectivity index (χ2v) is 10.2. The highest BCUT2D eigenvalue weighted by Gasteiger charge is 2.29. The van der Waals surface area contributed by atoms with Crippen LogP contribution in [-0.2, 0) is 12.8 Å². The number of aromatic nitrogens is 2. The number of aryl methyl sites for hydroxylation is 5. The van der Waals surface area contributed by atoms with Crippen molar-refractivity contribution in [1.29, 1.82) is 0 Å². The van der Waals surface area contributed by atoms with Gasteiger partial charge in [-0.15, -0.1) is 11.6 Å². The number of pyridine rings is 1. The van der Waals surface area contributed by atoms with E-state index in [0.717, 1.165) is 43.2 Å². The second-order valence-electron chi connectivity index (χ2n) is 9.77. The van der Waals surface area contributed by atoms with E-state index in [2.05, 4.69) is 55.4 Å². The molecule has 31 heavy (non-hydrogen) atoms. The van der Waals surface area contributed by atoms with Crippen LogP contribution in [0.5, 0.6) is 0 Å². The van der Waals surface area contributed by atoms with E-state index in [1.165, 1.54) is 70.4 Å². The fraction of sp³-hybridized carbons (Fsp3) is 0.519. The lowest BCUT2D eigenvalue weighted by molar-refractivity contribution is 0.665. The van der Waals surface area contributed by atoms with E-state index >= 15 is 0 Å². The summed E-state index contributed by atoms with van der Waals surface area (Å²) in [6.07, 6.45) is 7.52. The minimum atomic E-state index is 0.661. The Hall–Kier alpha value is -2.00. The number of fused-ring (bicyclic) bond motifs is 3. The van der Waals surface area contributed by atoms with Gasteiger partial charge in [-0.25, -0.2) is 4.98 Å². The molecule has 1 fully saturated rings. The van der Waals surface area contributed by atoms with Crippen LogP contribution in [-0.4, -0.2) is 28.5 Å². The van der Waals surface area contributed by atoms with Crippen LogP contribution in [0.2, 0.25) is 0 Å². The molecule has 0 aliphatic heterocycles. The molecule has 0 radical (unpaired) electrons. The summed E-state index contributed by atoms with van der Waals surface area (Å²) >= 11 is 6.28. The molecule has 0 amide bonds. The van der Waals surface area contributed by atoms with Crippen molar-refractivity contribution < 1.29 is 0 Å². The number of anilines is 1. The summed E-state index contributed by atoms with van der Waals surface area (Å²) in [6, 6.07) is 6.94. The average molecular weight is 436 g/mol. The van der Waals surface area contributed by atoms with E-state index in [4.69, 9.17) is 16.6 Å². The van der Waals surface area contributed by atoms with Gasteiger partial charge in [-0.3, -0.25) is 4.57 Å². The number of halogens is 1. The van der Waals surface area contributed by atoms with Gasteiger partial charge in [0.15, 0.2) is 0 Å². The molecular weight excluding hydrogens is 402 g/mol. The minimum Gasteiger partial charge on any atom is -0.369 e. The standard InChI is InChI=1S/C27H34ClN3/c1-17-13-18(2)26(19(3)14-17)31-23-8-6-5-7-22(23)25-24(15-20(4)29-27(25)31)30(12-11-28)16-21-9-10-21/h13-15,21H,5-12,16H2,1-4H3. The van der Waals surface area contributed by atoms with Gasteiger partial charge in [0.1, 0.15) is 5.65 Å². The summed E-state index contributed by atoms with van der Waals surface area (Å²) in [5, 5.41) is 1.38. The summed E-state index contributed by atoms with van der Waals surface area (Å²) in [5.74, 6) is 1.49. The number of benzene rings is 1. The molecule has 3 aromatic rings. The van der Waals surface area contributed by atoms with Gasteiger partial charge >= 0.3 is 0 Å². The van der Waals surface area contributed by atoms with Crippen LogP contribution in [0.15, 0.2) is 18.2 Å².